The van der Waals surface area contributed by atoms with Crippen molar-refractivity contribution in [1.29, 1.82) is 5.26 Å². The molecule has 0 saturated heterocycles. The third-order valence-corrected chi connectivity index (χ3v) is 2.59. The van der Waals surface area contributed by atoms with Crippen molar-refractivity contribution < 1.29 is 4.74 Å². The second-order valence-corrected chi connectivity index (χ2v) is 3.92. The van der Waals surface area contributed by atoms with Crippen LogP contribution in [-0.2, 0) is 0 Å². The molecular weight excluding hydrogens is 214 g/mol. The van der Waals surface area contributed by atoms with Crippen LogP contribution in [0.15, 0.2) is 24.3 Å². The highest BCUT2D eigenvalue weighted by Crippen LogP contribution is 2.28. The average Bonchev–Trinajstić information content (AvgIpc) is 2.36. The number of rotatable bonds is 2. The van der Waals surface area contributed by atoms with E-state index >= 15 is 0 Å². The Morgan fingerprint density at radius 1 is 1.29 bits per heavy atom. The summed E-state index contributed by atoms with van der Waals surface area (Å²) in [5, 5.41) is 9.93. The normalized spacial score (nSPS) is 10.0. The largest absolute Gasteiger partial charge is 0.497 e. The molecule has 0 radical (unpaired) electrons. The zero-order chi connectivity index (χ0) is 12.4. The number of pyridine rings is 1. The number of hydrogen-bond donors (Lipinski definition) is 0. The van der Waals surface area contributed by atoms with Crippen molar-refractivity contribution in [2.24, 2.45) is 0 Å². The second-order valence-electron chi connectivity index (χ2n) is 3.92. The molecule has 17 heavy (non-hydrogen) atoms. The molecule has 2 aromatic rings. The van der Waals surface area contributed by atoms with E-state index in [-0.39, 0.29) is 0 Å². The number of methoxy groups -OCH3 is 1. The zero-order valence-electron chi connectivity index (χ0n) is 10.1. The van der Waals surface area contributed by atoms with Crippen molar-refractivity contribution in [3.05, 3.63) is 30.0 Å². The number of nitriles is 1. The molecule has 1 heterocycles. The van der Waals surface area contributed by atoms with Crippen LogP contribution in [0, 0.1) is 11.3 Å². The van der Waals surface area contributed by atoms with E-state index in [4.69, 9.17) is 10.00 Å². The first-order chi connectivity index (χ1) is 8.15. The molecule has 0 aliphatic heterocycles. The van der Waals surface area contributed by atoms with Crippen LogP contribution in [0.4, 0.5) is 5.69 Å². The second kappa shape index (κ2) is 4.30. The van der Waals surface area contributed by atoms with Gasteiger partial charge in [-0.1, -0.05) is 0 Å². The molecule has 86 valence electrons. The maximum absolute atomic E-state index is 8.95. The van der Waals surface area contributed by atoms with Gasteiger partial charge >= 0.3 is 0 Å². The summed E-state index contributed by atoms with van der Waals surface area (Å²) >= 11 is 0. The number of hydrogen-bond acceptors (Lipinski definition) is 4. The highest BCUT2D eigenvalue weighted by molar-refractivity contribution is 5.93. The quantitative estimate of drug-likeness (QED) is 0.789. The van der Waals surface area contributed by atoms with Crippen molar-refractivity contribution in [2.45, 2.75) is 0 Å². The zero-order valence-corrected chi connectivity index (χ0v) is 10.1. The van der Waals surface area contributed by atoms with Gasteiger partial charge in [-0.2, -0.15) is 5.26 Å². The molecule has 1 aromatic carbocycles. The molecule has 0 spiro atoms. The first-order valence-corrected chi connectivity index (χ1v) is 5.22. The summed E-state index contributed by atoms with van der Waals surface area (Å²) in [6.45, 7) is 0. The predicted molar refractivity (Wildman–Crippen MR) is 67.3 cm³/mol. The SMILES string of the molecule is COc1ccc2nc(C#N)cc(N(C)C)c2c1. The van der Waals surface area contributed by atoms with E-state index in [2.05, 4.69) is 11.1 Å². The Morgan fingerprint density at radius 2 is 2.06 bits per heavy atom. The molecule has 0 saturated carbocycles. The van der Waals surface area contributed by atoms with Gasteiger partial charge in [-0.3, -0.25) is 0 Å². The number of aromatic nitrogens is 1. The van der Waals surface area contributed by atoms with Gasteiger partial charge in [0.15, 0.2) is 0 Å². The van der Waals surface area contributed by atoms with E-state index in [1.165, 1.54) is 0 Å². The van der Waals surface area contributed by atoms with E-state index < -0.39 is 0 Å². The van der Waals surface area contributed by atoms with Crippen LogP contribution in [0.3, 0.4) is 0 Å². The highest BCUT2D eigenvalue weighted by Gasteiger charge is 2.08. The molecule has 0 bridgehead atoms. The van der Waals surface area contributed by atoms with Gasteiger partial charge in [0.1, 0.15) is 17.5 Å². The van der Waals surface area contributed by atoms with E-state index in [0.29, 0.717) is 5.69 Å². The van der Waals surface area contributed by atoms with Crippen molar-refractivity contribution in [1.82, 2.24) is 4.98 Å². The number of nitrogens with zero attached hydrogens (tertiary/aromatic N) is 3. The minimum absolute atomic E-state index is 0.423. The summed E-state index contributed by atoms with van der Waals surface area (Å²) in [6, 6.07) is 9.49. The number of anilines is 1. The molecule has 2 rings (SSSR count). The van der Waals surface area contributed by atoms with Gasteiger partial charge in [0.25, 0.3) is 0 Å². The van der Waals surface area contributed by atoms with Gasteiger partial charge in [0.05, 0.1) is 12.6 Å². The van der Waals surface area contributed by atoms with Crippen molar-refractivity contribution in [3.63, 3.8) is 0 Å². The van der Waals surface area contributed by atoms with Gasteiger partial charge < -0.3 is 9.64 Å². The monoisotopic (exact) mass is 227 g/mol. The fourth-order valence-electron chi connectivity index (χ4n) is 1.74. The number of fused-ring (bicyclic) bond motifs is 1. The lowest BCUT2D eigenvalue weighted by Gasteiger charge is -2.16. The summed E-state index contributed by atoms with van der Waals surface area (Å²) in [5.74, 6) is 0.784. The van der Waals surface area contributed by atoms with E-state index in [0.717, 1.165) is 22.3 Å². The molecule has 0 atom stereocenters. The summed E-state index contributed by atoms with van der Waals surface area (Å²) in [5.41, 5.74) is 2.19. The Labute approximate surface area is 100 Å². The Kier molecular flexibility index (Phi) is 2.84. The topological polar surface area (TPSA) is 49.1 Å². The van der Waals surface area contributed by atoms with Crippen LogP contribution < -0.4 is 9.64 Å². The van der Waals surface area contributed by atoms with Crippen LogP contribution >= 0.6 is 0 Å². The molecule has 1 aromatic heterocycles. The maximum Gasteiger partial charge on any atom is 0.143 e. The molecule has 0 unspecified atom stereocenters. The third kappa shape index (κ3) is 2.00. The van der Waals surface area contributed by atoms with Gasteiger partial charge in [-0.25, -0.2) is 4.98 Å². The Bertz CT molecular complexity index is 599. The minimum atomic E-state index is 0.423. The Balaban J connectivity index is 2.78. The lowest BCUT2D eigenvalue weighted by atomic mass is 10.1. The Morgan fingerprint density at radius 3 is 2.65 bits per heavy atom. The summed E-state index contributed by atoms with van der Waals surface area (Å²) in [6.07, 6.45) is 0. The lowest BCUT2D eigenvalue weighted by Crippen LogP contribution is -2.10. The molecule has 4 heteroatoms. The molecule has 0 N–H and O–H groups in total. The van der Waals surface area contributed by atoms with E-state index in [9.17, 15) is 0 Å². The van der Waals surface area contributed by atoms with Crippen LogP contribution in [0.5, 0.6) is 5.75 Å². The lowest BCUT2D eigenvalue weighted by molar-refractivity contribution is 0.415. The standard InChI is InChI=1S/C13H13N3O/c1-16(2)13-6-9(8-14)15-12-5-4-10(17-3)7-11(12)13/h4-7H,1-3H3. The van der Waals surface area contributed by atoms with Crippen molar-refractivity contribution in [3.8, 4) is 11.8 Å². The first kappa shape index (κ1) is 11.2. The average molecular weight is 227 g/mol. The molecule has 0 aliphatic rings. The number of ether oxygens (including phenoxy) is 1. The third-order valence-electron chi connectivity index (χ3n) is 2.59. The highest BCUT2D eigenvalue weighted by atomic mass is 16.5. The molecule has 0 fully saturated rings. The summed E-state index contributed by atoms with van der Waals surface area (Å²) < 4.78 is 5.20. The van der Waals surface area contributed by atoms with E-state index in [1.54, 1.807) is 13.2 Å². The minimum Gasteiger partial charge on any atom is -0.497 e. The number of benzene rings is 1. The van der Waals surface area contributed by atoms with Crippen molar-refractivity contribution in [2.75, 3.05) is 26.1 Å². The maximum atomic E-state index is 8.95. The van der Waals surface area contributed by atoms with Gasteiger partial charge in [0, 0.05) is 25.2 Å². The van der Waals surface area contributed by atoms with Gasteiger partial charge in [-0.05, 0) is 24.3 Å². The first-order valence-electron chi connectivity index (χ1n) is 5.22. The van der Waals surface area contributed by atoms with Crippen molar-refractivity contribution >= 4 is 16.6 Å². The smallest absolute Gasteiger partial charge is 0.143 e. The fourth-order valence-corrected chi connectivity index (χ4v) is 1.74. The van der Waals surface area contributed by atoms with Crippen LogP contribution in [-0.4, -0.2) is 26.2 Å². The van der Waals surface area contributed by atoms with Crippen LogP contribution in [0.2, 0.25) is 0 Å². The summed E-state index contributed by atoms with van der Waals surface area (Å²) in [4.78, 5) is 6.23. The van der Waals surface area contributed by atoms with E-state index in [1.807, 2.05) is 37.2 Å². The molecule has 0 amide bonds. The summed E-state index contributed by atoms with van der Waals surface area (Å²) in [7, 11) is 5.51. The van der Waals surface area contributed by atoms with Crippen LogP contribution in [0.1, 0.15) is 5.69 Å². The fraction of sp³-hybridized carbons (Fsp3) is 0.231. The molecular formula is C13H13N3O. The predicted octanol–water partition coefficient (Wildman–Crippen LogP) is 2.18. The van der Waals surface area contributed by atoms with Crippen LogP contribution in [0.25, 0.3) is 10.9 Å². The Hall–Kier alpha value is -2.28. The van der Waals surface area contributed by atoms with Gasteiger partial charge in [-0.15, -0.1) is 0 Å². The molecule has 4 nitrogen and oxygen atoms in total. The molecule has 0 aliphatic carbocycles. The van der Waals surface area contributed by atoms with Gasteiger partial charge in [0.2, 0.25) is 0 Å².